The van der Waals surface area contributed by atoms with Crippen molar-refractivity contribution in [3.05, 3.63) is 247 Å². The predicted molar refractivity (Wildman–Crippen MR) is 396 cm³/mol. The summed E-state index contributed by atoms with van der Waals surface area (Å²) in [5, 5.41) is 13.5. The van der Waals surface area contributed by atoms with Gasteiger partial charge in [0.2, 0.25) is 0 Å². The summed E-state index contributed by atoms with van der Waals surface area (Å²) in [6.07, 6.45) is 0. The minimum atomic E-state index is -0.220. The number of fused-ring (bicyclic) bond motifs is 15. The fourth-order valence-corrected chi connectivity index (χ4v) is 20.2. The fraction of sp³-hybridized carbons (Fsp3) is 0.143. The van der Waals surface area contributed by atoms with Crippen LogP contribution in [-0.2, 0) is 16.2 Å². The molecule has 5 heterocycles. The van der Waals surface area contributed by atoms with Crippen molar-refractivity contribution in [2.75, 3.05) is 0 Å². The van der Waals surface area contributed by atoms with Gasteiger partial charge < -0.3 is 4.57 Å². The van der Waals surface area contributed by atoms with Gasteiger partial charge in [0.05, 0.1) is 11.0 Å². The molecule has 0 spiro atoms. The quantitative estimate of drug-likeness (QED) is 0.156. The van der Waals surface area contributed by atoms with Gasteiger partial charge >= 0.3 is 0 Å². The standard InChI is InChI=1S/C84H65NS4/c1-82(2,3)60-37-25-38-61-75(60)70-58(49-28-15-11-16-29-49)43-52(45-62(70)85(61)54-32-17-12-18-33-54)53-44-59(72-66(46-53)87-68-47-67-76(79(77(68)72)84(7,8)9)71-55(36-24-41-65(71)86-67)48-26-13-10-14-27-48)50-30-23-31-51(42-50)69-80-73(56-34-19-21-39-63(56)88-80)78(83(4,5)6)74-57-35-20-22-40-64(57)89-81(69)74/h10-47H,1-9H3. The van der Waals surface area contributed by atoms with E-state index in [0.717, 1.165) is 5.69 Å². The van der Waals surface area contributed by atoms with Crippen LogP contribution in [0.25, 0.3) is 164 Å². The van der Waals surface area contributed by atoms with E-state index in [-0.39, 0.29) is 16.2 Å². The second-order valence-corrected chi connectivity index (χ2v) is 31.8. The first-order valence-electron chi connectivity index (χ1n) is 31.1. The van der Waals surface area contributed by atoms with Crippen LogP contribution >= 0.6 is 45.3 Å². The number of aromatic nitrogens is 1. The highest BCUT2D eigenvalue weighted by Crippen LogP contribution is 2.57. The maximum absolute atomic E-state index is 2.57. The van der Waals surface area contributed by atoms with E-state index in [4.69, 9.17) is 0 Å². The molecule has 0 unspecified atom stereocenters. The molecule has 0 saturated carbocycles. The summed E-state index contributed by atoms with van der Waals surface area (Å²) in [6, 6.07) is 87.7. The fourth-order valence-electron chi connectivity index (χ4n) is 15.1. The van der Waals surface area contributed by atoms with E-state index in [9.17, 15) is 0 Å². The predicted octanol–water partition coefficient (Wildman–Crippen LogP) is 26.5. The summed E-state index contributed by atoms with van der Waals surface area (Å²) in [7, 11) is 0. The maximum atomic E-state index is 2.57. The normalized spacial score (nSPS) is 12.8. The highest BCUT2D eigenvalue weighted by molar-refractivity contribution is 7.29. The number of nitrogens with zero attached hydrogens (tertiary/aromatic N) is 1. The molecule has 17 aromatic rings. The first-order valence-corrected chi connectivity index (χ1v) is 34.4. The minimum Gasteiger partial charge on any atom is -0.309 e. The van der Waals surface area contributed by atoms with E-state index in [2.05, 4.69) is 297 Å². The number of hydrogen-bond donors (Lipinski definition) is 0. The lowest BCUT2D eigenvalue weighted by atomic mass is 9.79. The van der Waals surface area contributed by atoms with Gasteiger partial charge in [-0.05, 0) is 156 Å². The van der Waals surface area contributed by atoms with Crippen LogP contribution < -0.4 is 0 Å². The molecule has 0 bridgehead atoms. The van der Waals surface area contributed by atoms with Crippen molar-refractivity contribution >= 4 is 148 Å². The summed E-state index contributed by atoms with van der Waals surface area (Å²) in [6.45, 7) is 21.6. The number of benzene rings is 12. The Kier molecular flexibility index (Phi) is 12.2. The summed E-state index contributed by atoms with van der Waals surface area (Å²) >= 11 is 7.83. The lowest BCUT2D eigenvalue weighted by Crippen LogP contribution is -2.12. The van der Waals surface area contributed by atoms with Crippen molar-refractivity contribution in [2.45, 2.75) is 78.6 Å². The Morgan fingerprint density at radius 1 is 0.270 bits per heavy atom. The molecule has 0 atom stereocenters. The van der Waals surface area contributed by atoms with Crippen LogP contribution in [0, 0.1) is 0 Å². The number of para-hydroxylation sites is 1. The highest BCUT2D eigenvalue weighted by atomic mass is 32.1. The zero-order valence-electron chi connectivity index (χ0n) is 51.5. The van der Waals surface area contributed by atoms with Crippen LogP contribution in [0.3, 0.4) is 0 Å². The SMILES string of the molecule is CC(C)(C)c1c2c(sc3ccccc32)c(-c2cccc(-c3cc(-c4cc(-c5ccccc5)c5c6c(C(C)(C)C)cccc6n(-c6ccccc6)c5c4)cc4sc5cc6sc7cccc(-c8ccccc8)c7c6c(C(C)(C)C)c5c34)c2)c2sc3ccccc3c12. The van der Waals surface area contributed by atoms with Crippen LogP contribution in [0.5, 0.6) is 0 Å². The van der Waals surface area contributed by atoms with E-state index in [1.807, 2.05) is 45.3 Å². The smallest absolute Gasteiger partial charge is 0.0553 e. The van der Waals surface area contributed by atoms with E-state index < -0.39 is 0 Å². The minimum absolute atomic E-state index is 0.104. The molecule has 89 heavy (non-hydrogen) atoms. The molecule has 430 valence electrons. The van der Waals surface area contributed by atoms with Gasteiger partial charge in [-0.2, -0.15) is 0 Å². The summed E-state index contributed by atoms with van der Waals surface area (Å²) < 4.78 is 13.2. The van der Waals surface area contributed by atoms with Crippen molar-refractivity contribution in [3.63, 3.8) is 0 Å². The van der Waals surface area contributed by atoms with E-state index >= 15 is 0 Å². The second kappa shape index (κ2) is 19.9. The third-order valence-corrected chi connectivity index (χ3v) is 23.2. The zero-order chi connectivity index (χ0) is 60.4. The lowest BCUT2D eigenvalue weighted by Gasteiger charge is -2.24. The van der Waals surface area contributed by atoms with Crippen molar-refractivity contribution in [1.82, 2.24) is 4.57 Å². The van der Waals surface area contributed by atoms with Crippen molar-refractivity contribution in [2.24, 2.45) is 0 Å². The average Bonchev–Trinajstić information content (AvgIpc) is 1.60. The van der Waals surface area contributed by atoms with E-state index in [0.29, 0.717) is 0 Å². The Balaban J connectivity index is 1.02. The molecule has 0 N–H and O–H groups in total. The van der Waals surface area contributed by atoms with Gasteiger partial charge in [-0.3, -0.25) is 0 Å². The van der Waals surface area contributed by atoms with Gasteiger partial charge in [0.25, 0.3) is 0 Å². The van der Waals surface area contributed by atoms with Gasteiger partial charge in [0, 0.05) is 103 Å². The Morgan fingerprint density at radius 3 is 1.36 bits per heavy atom. The molecule has 0 saturated heterocycles. The molecule has 1 nitrogen and oxygen atoms in total. The van der Waals surface area contributed by atoms with Crippen LogP contribution in [0.4, 0.5) is 0 Å². The van der Waals surface area contributed by atoms with Gasteiger partial charge in [0.1, 0.15) is 0 Å². The third-order valence-electron chi connectivity index (χ3n) is 18.6. The number of thiophene rings is 4. The molecule has 5 aromatic heterocycles. The molecule has 0 amide bonds. The molecule has 12 aromatic carbocycles. The number of rotatable bonds is 6. The largest absolute Gasteiger partial charge is 0.309 e. The first kappa shape index (κ1) is 54.5. The van der Waals surface area contributed by atoms with E-state index in [1.54, 1.807) is 0 Å². The molecule has 5 heteroatoms. The topological polar surface area (TPSA) is 4.93 Å². The molecule has 0 aliphatic carbocycles. The molecule has 17 rings (SSSR count). The Morgan fingerprint density at radius 2 is 0.742 bits per heavy atom. The first-order chi connectivity index (χ1) is 43.1. The van der Waals surface area contributed by atoms with Crippen LogP contribution in [0.15, 0.2) is 231 Å². The zero-order valence-corrected chi connectivity index (χ0v) is 54.8. The Labute approximate surface area is 535 Å². The van der Waals surface area contributed by atoms with Gasteiger partial charge in [-0.15, -0.1) is 45.3 Å². The Hall–Kier alpha value is -8.68. The monoisotopic (exact) mass is 1220 g/mol. The number of hydrogen-bond acceptors (Lipinski definition) is 4. The highest BCUT2D eigenvalue weighted by Gasteiger charge is 2.32. The van der Waals surface area contributed by atoms with Crippen LogP contribution in [0.2, 0.25) is 0 Å². The maximum Gasteiger partial charge on any atom is 0.0553 e. The molecule has 0 aliphatic heterocycles. The summed E-state index contributed by atoms with van der Waals surface area (Å²) in [5.74, 6) is 0. The van der Waals surface area contributed by atoms with E-state index in [1.165, 1.54) is 175 Å². The lowest BCUT2D eigenvalue weighted by molar-refractivity contribution is 0.596. The average molecular weight is 1220 g/mol. The molecular weight excluding hydrogens is 1150 g/mol. The van der Waals surface area contributed by atoms with Crippen LogP contribution in [0.1, 0.15) is 79.0 Å². The van der Waals surface area contributed by atoms with Crippen molar-refractivity contribution in [3.8, 4) is 61.3 Å². The molecule has 0 fully saturated rings. The van der Waals surface area contributed by atoms with Crippen molar-refractivity contribution < 1.29 is 0 Å². The molecule has 0 aliphatic rings. The van der Waals surface area contributed by atoms with Gasteiger partial charge in [-0.25, -0.2) is 0 Å². The van der Waals surface area contributed by atoms with Gasteiger partial charge in [0.15, 0.2) is 0 Å². The summed E-state index contributed by atoms with van der Waals surface area (Å²) in [5.41, 5.74) is 19.8. The Bertz CT molecular complexity index is 5670. The van der Waals surface area contributed by atoms with Gasteiger partial charge in [-0.1, -0.05) is 220 Å². The third kappa shape index (κ3) is 8.42. The van der Waals surface area contributed by atoms with Crippen LogP contribution in [-0.4, -0.2) is 4.57 Å². The molecule has 0 radical (unpaired) electrons. The second-order valence-electron chi connectivity index (χ2n) is 27.5. The van der Waals surface area contributed by atoms with Crippen molar-refractivity contribution in [1.29, 1.82) is 0 Å². The summed E-state index contributed by atoms with van der Waals surface area (Å²) in [4.78, 5) is 0. The molecular formula is C84H65NS4.